The van der Waals surface area contributed by atoms with Gasteiger partial charge in [-0.1, -0.05) is 6.07 Å². The maximum Gasteiger partial charge on any atom is 0.161 e. The average Bonchev–Trinajstić information content (AvgIpc) is 2.84. The third-order valence-corrected chi connectivity index (χ3v) is 3.26. The van der Waals surface area contributed by atoms with Crippen molar-refractivity contribution < 1.29 is 9.47 Å². The van der Waals surface area contributed by atoms with E-state index in [1.54, 1.807) is 7.11 Å². The van der Waals surface area contributed by atoms with Crippen molar-refractivity contribution in [2.24, 2.45) is 5.73 Å². The molecule has 1 saturated carbocycles. The molecule has 0 heterocycles. The Bertz CT molecular complexity index is 359. The van der Waals surface area contributed by atoms with E-state index in [4.69, 9.17) is 15.2 Å². The van der Waals surface area contributed by atoms with Crippen molar-refractivity contribution in [1.29, 1.82) is 0 Å². The first kappa shape index (κ1) is 12.2. The van der Waals surface area contributed by atoms with Crippen LogP contribution in [0.15, 0.2) is 18.2 Å². The van der Waals surface area contributed by atoms with Crippen LogP contribution in [0.4, 0.5) is 0 Å². The van der Waals surface area contributed by atoms with Crippen LogP contribution in [-0.2, 0) is 6.42 Å². The second-order valence-electron chi connectivity index (χ2n) is 4.55. The van der Waals surface area contributed by atoms with E-state index in [-0.39, 0.29) is 0 Å². The number of ether oxygens (including phenoxy) is 2. The second-order valence-corrected chi connectivity index (χ2v) is 4.55. The standard InChI is InChI=1S/C14H21NO2/c1-16-14-10-11(8-9-15)6-7-13(14)17-12-4-2-3-5-12/h6-7,10,12H,2-5,8-9,15H2,1H3. The predicted molar refractivity (Wildman–Crippen MR) is 68.6 cm³/mol. The molecule has 0 amide bonds. The van der Waals surface area contributed by atoms with E-state index >= 15 is 0 Å². The summed E-state index contributed by atoms with van der Waals surface area (Å²) in [5.74, 6) is 1.68. The molecule has 0 radical (unpaired) electrons. The van der Waals surface area contributed by atoms with E-state index in [1.807, 2.05) is 12.1 Å². The Kier molecular flexibility index (Phi) is 4.26. The van der Waals surface area contributed by atoms with Gasteiger partial charge < -0.3 is 15.2 Å². The van der Waals surface area contributed by atoms with Gasteiger partial charge in [-0.3, -0.25) is 0 Å². The lowest BCUT2D eigenvalue weighted by molar-refractivity contribution is 0.200. The van der Waals surface area contributed by atoms with Gasteiger partial charge in [-0.2, -0.15) is 0 Å². The van der Waals surface area contributed by atoms with Crippen LogP contribution in [0, 0.1) is 0 Å². The molecular formula is C14H21NO2. The van der Waals surface area contributed by atoms with E-state index in [1.165, 1.54) is 18.4 Å². The van der Waals surface area contributed by atoms with Crippen molar-refractivity contribution in [2.45, 2.75) is 38.2 Å². The number of nitrogens with two attached hydrogens (primary N) is 1. The summed E-state index contributed by atoms with van der Waals surface area (Å²) in [6.07, 6.45) is 6.11. The van der Waals surface area contributed by atoms with Gasteiger partial charge in [0.15, 0.2) is 11.5 Å². The van der Waals surface area contributed by atoms with Crippen molar-refractivity contribution >= 4 is 0 Å². The maximum atomic E-state index is 5.97. The Morgan fingerprint density at radius 1 is 1.24 bits per heavy atom. The van der Waals surface area contributed by atoms with Crippen LogP contribution >= 0.6 is 0 Å². The fourth-order valence-corrected chi connectivity index (χ4v) is 2.32. The van der Waals surface area contributed by atoms with Gasteiger partial charge in [0.05, 0.1) is 13.2 Å². The Balaban J connectivity index is 2.09. The highest BCUT2D eigenvalue weighted by molar-refractivity contribution is 5.43. The number of benzene rings is 1. The van der Waals surface area contributed by atoms with Gasteiger partial charge in [-0.05, 0) is 56.3 Å². The van der Waals surface area contributed by atoms with Gasteiger partial charge in [-0.15, -0.1) is 0 Å². The number of rotatable bonds is 5. The first-order chi connectivity index (χ1) is 8.33. The second kappa shape index (κ2) is 5.92. The van der Waals surface area contributed by atoms with Gasteiger partial charge in [0.25, 0.3) is 0 Å². The zero-order valence-electron chi connectivity index (χ0n) is 10.4. The molecule has 1 aliphatic rings. The molecule has 0 aromatic heterocycles. The first-order valence-corrected chi connectivity index (χ1v) is 6.37. The molecule has 0 spiro atoms. The summed E-state index contributed by atoms with van der Waals surface area (Å²) < 4.78 is 11.4. The third-order valence-electron chi connectivity index (χ3n) is 3.26. The molecule has 94 valence electrons. The smallest absolute Gasteiger partial charge is 0.161 e. The van der Waals surface area contributed by atoms with Gasteiger partial charge in [0, 0.05) is 0 Å². The highest BCUT2D eigenvalue weighted by Gasteiger charge is 2.18. The largest absolute Gasteiger partial charge is 0.493 e. The molecule has 3 nitrogen and oxygen atoms in total. The van der Waals surface area contributed by atoms with E-state index in [2.05, 4.69) is 6.07 Å². The Hall–Kier alpha value is -1.22. The quantitative estimate of drug-likeness (QED) is 0.853. The molecule has 0 atom stereocenters. The Labute approximate surface area is 103 Å². The fraction of sp³-hybridized carbons (Fsp3) is 0.571. The van der Waals surface area contributed by atoms with Crippen LogP contribution < -0.4 is 15.2 Å². The van der Waals surface area contributed by atoms with E-state index < -0.39 is 0 Å². The summed E-state index contributed by atoms with van der Waals surface area (Å²) in [4.78, 5) is 0. The zero-order chi connectivity index (χ0) is 12.1. The molecule has 17 heavy (non-hydrogen) atoms. The van der Waals surface area contributed by atoms with Gasteiger partial charge in [0.1, 0.15) is 0 Å². The summed E-state index contributed by atoms with van der Waals surface area (Å²) in [7, 11) is 1.68. The molecule has 1 fully saturated rings. The van der Waals surface area contributed by atoms with Crippen LogP contribution in [0.2, 0.25) is 0 Å². The lowest BCUT2D eigenvalue weighted by Gasteiger charge is -2.16. The van der Waals surface area contributed by atoms with Crippen LogP contribution in [0.25, 0.3) is 0 Å². The summed E-state index contributed by atoms with van der Waals surface area (Å²) in [5.41, 5.74) is 6.75. The molecule has 3 heteroatoms. The lowest BCUT2D eigenvalue weighted by atomic mass is 10.1. The molecule has 0 unspecified atom stereocenters. The molecule has 2 N–H and O–H groups in total. The van der Waals surface area contributed by atoms with Crippen molar-refractivity contribution in [3.8, 4) is 11.5 Å². The van der Waals surface area contributed by atoms with Gasteiger partial charge in [0.2, 0.25) is 0 Å². The summed E-state index contributed by atoms with van der Waals surface area (Å²) in [5, 5.41) is 0. The number of methoxy groups -OCH3 is 1. The summed E-state index contributed by atoms with van der Waals surface area (Å²) in [6, 6.07) is 6.10. The molecule has 0 bridgehead atoms. The zero-order valence-corrected chi connectivity index (χ0v) is 10.4. The Morgan fingerprint density at radius 3 is 2.65 bits per heavy atom. The topological polar surface area (TPSA) is 44.5 Å². The third kappa shape index (κ3) is 3.13. The van der Waals surface area contributed by atoms with Gasteiger partial charge >= 0.3 is 0 Å². The van der Waals surface area contributed by atoms with Gasteiger partial charge in [-0.25, -0.2) is 0 Å². The minimum absolute atomic E-state index is 0.365. The van der Waals surface area contributed by atoms with Crippen molar-refractivity contribution in [3.63, 3.8) is 0 Å². The van der Waals surface area contributed by atoms with Crippen molar-refractivity contribution in [3.05, 3.63) is 23.8 Å². The van der Waals surface area contributed by atoms with E-state index in [0.29, 0.717) is 12.6 Å². The summed E-state index contributed by atoms with van der Waals surface area (Å²) >= 11 is 0. The van der Waals surface area contributed by atoms with Crippen molar-refractivity contribution in [1.82, 2.24) is 0 Å². The van der Waals surface area contributed by atoms with Crippen molar-refractivity contribution in [2.75, 3.05) is 13.7 Å². The minimum Gasteiger partial charge on any atom is -0.493 e. The lowest BCUT2D eigenvalue weighted by Crippen LogP contribution is -2.11. The highest BCUT2D eigenvalue weighted by atomic mass is 16.5. The number of hydrogen-bond donors (Lipinski definition) is 1. The maximum absolute atomic E-state index is 5.97. The molecule has 0 aliphatic heterocycles. The monoisotopic (exact) mass is 235 g/mol. The van der Waals surface area contributed by atoms with Crippen LogP contribution in [0.1, 0.15) is 31.2 Å². The molecule has 1 aromatic carbocycles. The van der Waals surface area contributed by atoms with Crippen LogP contribution in [-0.4, -0.2) is 19.8 Å². The fourth-order valence-electron chi connectivity index (χ4n) is 2.32. The predicted octanol–water partition coefficient (Wildman–Crippen LogP) is 2.52. The molecule has 2 rings (SSSR count). The van der Waals surface area contributed by atoms with Crippen LogP contribution in [0.3, 0.4) is 0 Å². The average molecular weight is 235 g/mol. The SMILES string of the molecule is COc1cc(CCN)ccc1OC1CCCC1. The normalized spacial score (nSPS) is 16.1. The molecule has 0 saturated heterocycles. The highest BCUT2D eigenvalue weighted by Crippen LogP contribution is 2.32. The van der Waals surface area contributed by atoms with Crippen LogP contribution in [0.5, 0.6) is 11.5 Å². The minimum atomic E-state index is 0.365. The van der Waals surface area contributed by atoms with E-state index in [0.717, 1.165) is 30.8 Å². The summed E-state index contributed by atoms with van der Waals surface area (Å²) in [6.45, 7) is 0.659. The molecular weight excluding hydrogens is 214 g/mol. The molecule has 1 aromatic rings. The first-order valence-electron chi connectivity index (χ1n) is 6.37. The van der Waals surface area contributed by atoms with E-state index in [9.17, 15) is 0 Å². The Morgan fingerprint density at radius 2 is 2.00 bits per heavy atom. The number of hydrogen-bond acceptors (Lipinski definition) is 3. The molecule has 1 aliphatic carbocycles.